The van der Waals surface area contributed by atoms with E-state index in [9.17, 15) is 0 Å². The van der Waals surface area contributed by atoms with Crippen LogP contribution in [0.15, 0.2) is 35.1 Å². The predicted octanol–water partition coefficient (Wildman–Crippen LogP) is 3.18. The highest BCUT2D eigenvalue weighted by Gasteiger charge is 2.20. The third kappa shape index (κ3) is 1.79. The van der Waals surface area contributed by atoms with E-state index in [0.29, 0.717) is 0 Å². The Morgan fingerprint density at radius 1 is 1.28 bits per heavy atom. The Morgan fingerprint density at radius 3 is 2.89 bits per heavy atom. The van der Waals surface area contributed by atoms with Crippen molar-refractivity contribution in [3.8, 4) is 5.75 Å². The van der Waals surface area contributed by atoms with E-state index in [-0.39, 0.29) is 6.04 Å². The van der Waals surface area contributed by atoms with Crippen LogP contribution in [0.5, 0.6) is 5.75 Å². The second kappa shape index (κ2) is 4.29. The Morgan fingerprint density at radius 2 is 2.11 bits per heavy atom. The lowest BCUT2D eigenvalue weighted by Gasteiger charge is -2.26. The Hall–Kier alpha value is -2.10. The molecule has 1 aliphatic rings. The average Bonchev–Trinajstić information content (AvgIpc) is 2.85. The van der Waals surface area contributed by atoms with Crippen molar-refractivity contribution in [3.05, 3.63) is 41.9 Å². The third-order valence-electron chi connectivity index (χ3n) is 3.31. The highest BCUT2D eigenvalue weighted by atomic mass is 16.5. The Balaban J connectivity index is 1.86. The van der Waals surface area contributed by atoms with Gasteiger partial charge in [0.15, 0.2) is 0 Å². The van der Waals surface area contributed by atoms with Crippen LogP contribution in [0, 0.1) is 6.92 Å². The van der Waals surface area contributed by atoms with Gasteiger partial charge in [-0.3, -0.25) is 0 Å². The van der Waals surface area contributed by atoms with Crippen molar-refractivity contribution in [1.82, 2.24) is 0 Å². The van der Waals surface area contributed by atoms with Crippen molar-refractivity contribution < 1.29 is 9.15 Å². The van der Waals surface area contributed by atoms with Gasteiger partial charge in [0.05, 0.1) is 24.5 Å². The first-order valence-corrected chi connectivity index (χ1v) is 5.99. The molecule has 0 bridgehead atoms. The fourth-order valence-electron chi connectivity index (χ4n) is 2.32. The SMILES string of the molecule is COc1ccc(C2CNc3cocc3N2)cc1C. The first kappa shape index (κ1) is 11.0. The number of nitrogens with one attached hydrogen (secondary N) is 2. The molecule has 2 heterocycles. The van der Waals surface area contributed by atoms with E-state index >= 15 is 0 Å². The maximum Gasteiger partial charge on any atom is 0.121 e. The molecule has 1 aliphatic heterocycles. The Labute approximate surface area is 106 Å². The minimum Gasteiger partial charge on any atom is -0.496 e. The third-order valence-corrected chi connectivity index (χ3v) is 3.31. The summed E-state index contributed by atoms with van der Waals surface area (Å²) in [6.07, 6.45) is 3.45. The number of anilines is 2. The van der Waals surface area contributed by atoms with E-state index in [4.69, 9.17) is 9.15 Å². The summed E-state index contributed by atoms with van der Waals surface area (Å²) in [5.74, 6) is 0.923. The van der Waals surface area contributed by atoms with Crippen molar-refractivity contribution in [2.75, 3.05) is 24.3 Å². The maximum absolute atomic E-state index is 5.28. The zero-order valence-corrected chi connectivity index (χ0v) is 10.5. The molecule has 4 nitrogen and oxygen atoms in total. The molecule has 0 radical (unpaired) electrons. The predicted molar refractivity (Wildman–Crippen MR) is 71.3 cm³/mol. The average molecular weight is 244 g/mol. The summed E-state index contributed by atoms with van der Waals surface area (Å²) in [6.45, 7) is 2.90. The lowest BCUT2D eigenvalue weighted by Crippen LogP contribution is -2.25. The van der Waals surface area contributed by atoms with Gasteiger partial charge < -0.3 is 19.8 Å². The molecular formula is C14H16N2O2. The topological polar surface area (TPSA) is 46.4 Å². The largest absolute Gasteiger partial charge is 0.496 e. The normalized spacial score (nSPS) is 17.6. The van der Waals surface area contributed by atoms with E-state index in [0.717, 1.165) is 29.2 Å². The van der Waals surface area contributed by atoms with E-state index in [1.807, 2.05) is 6.07 Å². The van der Waals surface area contributed by atoms with E-state index in [1.165, 1.54) is 5.56 Å². The number of furan rings is 1. The first-order valence-electron chi connectivity index (χ1n) is 5.99. The number of fused-ring (bicyclic) bond motifs is 1. The Bertz CT molecular complexity index is 563. The fourth-order valence-corrected chi connectivity index (χ4v) is 2.32. The summed E-state index contributed by atoms with van der Waals surface area (Å²) in [7, 11) is 1.69. The number of hydrogen-bond donors (Lipinski definition) is 2. The van der Waals surface area contributed by atoms with Gasteiger partial charge in [-0.15, -0.1) is 0 Å². The zero-order chi connectivity index (χ0) is 12.5. The van der Waals surface area contributed by atoms with Crippen LogP contribution in [-0.4, -0.2) is 13.7 Å². The number of benzene rings is 1. The molecule has 0 spiro atoms. The minimum absolute atomic E-state index is 0.250. The van der Waals surface area contributed by atoms with Gasteiger partial charge in [-0.05, 0) is 24.1 Å². The molecule has 1 aromatic heterocycles. The van der Waals surface area contributed by atoms with Crippen molar-refractivity contribution in [2.24, 2.45) is 0 Å². The van der Waals surface area contributed by atoms with E-state index in [1.54, 1.807) is 19.6 Å². The number of ether oxygens (including phenoxy) is 1. The van der Waals surface area contributed by atoms with Gasteiger partial charge in [-0.25, -0.2) is 0 Å². The van der Waals surface area contributed by atoms with E-state index in [2.05, 4.69) is 29.7 Å². The monoisotopic (exact) mass is 244 g/mol. The van der Waals surface area contributed by atoms with Crippen LogP contribution in [0.2, 0.25) is 0 Å². The van der Waals surface area contributed by atoms with Crippen molar-refractivity contribution >= 4 is 11.4 Å². The minimum atomic E-state index is 0.250. The van der Waals surface area contributed by atoms with Crippen molar-refractivity contribution in [1.29, 1.82) is 0 Å². The van der Waals surface area contributed by atoms with E-state index < -0.39 is 0 Å². The van der Waals surface area contributed by atoms with Crippen molar-refractivity contribution in [2.45, 2.75) is 13.0 Å². The van der Waals surface area contributed by atoms with Gasteiger partial charge in [0.2, 0.25) is 0 Å². The summed E-state index contributed by atoms with van der Waals surface area (Å²) in [6, 6.07) is 6.51. The lowest BCUT2D eigenvalue weighted by molar-refractivity contribution is 0.411. The molecule has 0 amide bonds. The van der Waals surface area contributed by atoms with Gasteiger partial charge >= 0.3 is 0 Å². The number of hydrogen-bond acceptors (Lipinski definition) is 4. The molecule has 18 heavy (non-hydrogen) atoms. The van der Waals surface area contributed by atoms with Crippen molar-refractivity contribution in [3.63, 3.8) is 0 Å². The molecule has 0 fully saturated rings. The molecule has 2 aromatic rings. The molecule has 0 saturated carbocycles. The molecule has 4 heteroatoms. The molecule has 3 rings (SSSR count). The van der Waals surface area contributed by atoms with Gasteiger partial charge in [0, 0.05) is 6.54 Å². The maximum atomic E-state index is 5.28. The molecule has 0 aliphatic carbocycles. The second-order valence-electron chi connectivity index (χ2n) is 4.51. The van der Waals surface area contributed by atoms with Crippen LogP contribution >= 0.6 is 0 Å². The van der Waals surface area contributed by atoms with Crippen LogP contribution in [0.25, 0.3) is 0 Å². The van der Waals surface area contributed by atoms with Crippen LogP contribution in [0.4, 0.5) is 11.4 Å². The van der Waals surface area contributed by atoms with Crippen LogP contribution < -0.4 is 15.4 Å². The van der Waals surface area contributed by atoms with Crippen LogP contribution in [0.3, 0.4) is 0 Å². The lowest BCUT2D eigenvalue weighted by atomic mass is 10.0. The summed E-state index contributed by atoms with van der Waals surface area (Å²) in [4.78, 5) is 0. The highest BCUT2D eigenvalue weighted by Crippen LogP contribution is 2.33. The fraction of sp³-hybridized carbons (Fsp3) is 0.286. The zero-order valence-electron chi connectivity index (χ0n) is 10.5. The van der Waals surface area contributed by atoms with Crippen LogP contribution in [0.1, 0.15) is 17.2 Å². The summed E-state index contributed by atoms with van der Waals surface area (Å²) in [5.41, 5.74) is 4.43. The van der Waals surface area contributed by atoms with Gasteiger partial charge in [-0.1, -0.05) is 12.1 Å². The number of rotatable bonds is 2. The van der Waals surface area contributed by atoms with Gasteiger partial charge in [0.1, 0.15) is 18.3 Å². The molecule has 1 unspecified atom stereocenters. The second-order valence-corrected chi connectivity index (χ2v) is 4.51. The summed E-state index contributed by atoms with van der Waals surface area (Å²) < 4.78 is 10.4. The molecule has 1 atom stereocenters. The molecule has 94 valence electrons. The summed E-state index contributed by atoms with van der Waals surface area (Å²) >= 11 is 0. The highest BCUT2D eigenvalue weighted by molar-refractivity contribution is 5.69. The Kier molecular flexibility index (Phi) is 2.63. The van der Waals surface area contributed by atoms with Crippen LogP contribution in [-0.2, 0) is 0 Å². The van der Waals surface area contributed by atoms with Gasteiger partial charge in [0.25, 0.3) is 0 Å². The standard InChI is InChI=1S/C14H16N2O2/c1-9-5-10(3-4-14(9)17-2)11-6-15-12-7-18-8-13(12)16-11/h3-5,7-8,11,15-16H,6H2,1-2H3. The molecule has 0 saturated heterocycles. The quantitative estimate of drug-likeness (QED) is 0.851. The molecule has 2 N–H and O–H groups in total. The number of aryl methyl sites for hydroxylation is 1. The first-order chi connectivity index (χ1) is 8.78. The van der Waals surface area contributed by atoms with Gasteiger partial charge in [-0.2, -0.15) is 0 Å². The molecule has 1 aromatic carbocycles. The molecular weight excluding hydrogens is 228 g/mol. The number of methoxy groups -OCH3 is 1. The summed E-state index contributed by atoms with van der Waals surface area (Å²) in [5, 5.41) is 6.81. The smallest absolute Gasteiger partial charge is 0.121 e.